The van der Waals surface area contributed by atoms with E-state index in [1.165, 1.54) is 23.9 Å². The average Bonchev–Trinajstić information content (AvgIpc) is 3.07. The zero-order valence-electron chi connectivity index (χ0n) is 16.5. The van der Waals surface area contributed by atoms with E-state index in [1.807, 2.05) is 6.92 Å². The fraction of sp³-hybridized carbons (Fsp3) is 0.250. The van der Waals surface area contributed by atoms with Gasteiger partial charge in [-0.2, -0.15) is 0 Å². The SMILES string of the molecule is CCC(Sc1nnc(CS(=O)(=O)c2ccccc2)n1C)C(=O)Nc1ccc(O)cc1. The van der Waals surface area contributed by atoms with Crippen LogP contribution in [0.2, 0.25) is 0 Å². The zero-order chi connectivity index (χ0) is 21.7. The number of aromatic nitrogens is 3. The molecule has 30 heavy (non-hydrogen) atoms. The average molecular weight is 447 g/mol. The van der Waals surface area contributed by atoms with Gasteiger partial charge in [0.1, 0.15) is 17.3 Å². The third kappa shape index (κ3) is 5.19. The summed E-state index contributed by atoms with van der Waals surface area (Å²) in [6.07, 6.45) is 0.541. The molecule has 0 aliphatic carbocycles. The number of sulfone groups is 1. The molecule has 1 atom stereocenters. The highest BCUT2D eigenvalue weighted by Gasteiger charge is 2.24. The number of hydrogen-bond donors (Lipinski definition) is 2. The Bertz CT molecular complexity index is 1110. The van der Waals surface area contributed by atoms with Crippen LogP contribution in [0.5, 0.6) is 5.75 Å². The van der Waals surface area contributed by atoms with Crippen molar-refractivity contribution in [2.24, 2.45) is 7.05 Å². The van der Waals surface area contributed by atoms with E-state index >= 15 is 0 Å². The minimum atomic E-state index is -3.55. The minimum Gasteiger partial charge on any atom is -0.508 e. The van der Waals surface area contributed by atoms with Gasteiger partial charge in [-0.3, -0.25) is 4.79 Å². The third-order valence-electron chi connectivity index (χ3n) is 4.39. The van der Waals surface area contributed by atoms with Gasteiger partial charge in [-0.05, 0) is 42.8 Å². The van der Waals surface area contributed by atoms with Crippen LogP contribution in [0.1, 0.15) is 19.2 Å². The standard InChI is InChI=1S/C20H22N4O4S2/c1-3-17(19(26)21-14-9-11-15(25)12-10-14)29-20-23-22-18(24(20)2)13-30(27,28)16-7-5-4-6-8-16/h4-12,17,25H,3,13H2,1-2H3,(H,21,26). The van der Waals surface area contributed by atoms with Gasteiger partial charge in [0, 0.05) is 12.7 Å². The van der Waals surface area contributed by atoms with E-state index in [9.17, 15) is 18.3 Å². The molecule has 2 aromatic carbocycles. The summed E-state index contributed by atoms with van der Waals surface area (Å²) in [6.45, 7) is 1.88. The van der Waals surface area contributed by atoms with Crippen LogP contribution in [0.25, 0.3) is 0 Å². The molecular formula is C20H22N4O4S2. The van der Waals surface area contributed by atoms with E-state index in [0.717, 1.165) is 0 Å². The Morgan fingerprint density at radius 3 is 2.43 bits per heavy atom. The Hall–Kier alpha value is -2.85. The summed E-state index contributed by atoms with van der Waals surface area (Å²) in [5.41, 5.74) is 0.574. The fourth-order valence-electron chi connectivity index (χ4n) is 2.67. The molecule has 0 aliphatic rings. The molecule has 8 nitrogen and oxygen atoms in total. The molecule has 3 rings (SSSR count). The molecule has 0 spiro atoms. The normalized spacial score (nSPS) is 12.5. The van der Waals surface area contributed by atoms with Crippen molar-refractivity contribution in [3.8, 4) is 5.75 Å². The van der Waals surface area contributed by atoms with E-state index in [-0.39, 0.29) is 22.3 Å². The number of phenolic OH excluding ortho intramolecular Hbond substituents is 1. The van der Waals surface area contributed by atoms with Crippen molar-refractivity contribution in [2.75, 3.05) is 5.32 Å². The van der Waals surface area contributed by atoms with E-state index in [4.69, 9.17) is 0 Å². The molecule has 1 unspecified atom stereocenters. The summed E-state index contributed by atoms with van der Waals surface area (Å²) in [5, 5.41) is 20.3. The number of nitrogens with one attached hydrogen (secondary N) is 1. The number of nitrogens with zero attached hydrogens (tertiary/aromatic N) is 3. The first-order valence-corrected chi connectivity index (χ1v) is 11.8. The second-order valence-corrected chi connectivity index (χ2v) is 9.74. The molecule has 158 valence electrons. The van der Waals surface area contributed by atoms with Crippen LogP contribution >= 0.6 is 11.8 Å². The Kier molecular flexibility index (Phi) is 6.78. The van der Waals surface area contributed by atoms with Crippen molar-refractivity contribution in [3.63, 3.8) is 0 Å². The van der Waals surface area contributed by atoms with Gasteiger partial charge in [-0.15, -0.1) is 10.2 Å². The first-order valence-electron chi connectivity index (χ1n) is 9.22. The summed E-state index contributed by atoms with van der Waals surface area (Å²) >= 11 is 1.22. The van der Waals surface area contributed by atoms with Gasteiger partial charge in [0.15, 0.2) is 15.0 Å². The maximum absolute atomic E-state index is 12.6. The molecule has 10 heteroatoms. The Labute approximate surface area is 179 Å². The number of hydrogen-bond acceptors (Lipinski definition) is 7. The predicted octanol–water partition coefficient (Wildman–Crippen LogP) is 3.00. The lowest BCUT2D eigenvalue weighted by Crippen LogP contribution is -2.25. The number of amides is 1. The summed E-state index contributed by atoms with van der Waals surface area (Å²) < 4.78 is 26.8. The van der Waals surface area contributed by atoms with Crippen LogP contribution in [0.4, 0.5) is 5.69 Å². The number of thioether (sulfide) groups is 1. The van der Waals surface area contributed by atoms with E-state index in [0.29, 0.717) is 23.1 Å². The summed E-state index contributed by atoms with van der Waals surface area (Å²) in [5.74, 6) is -0.0753. The van der Waals surface area contributed by atoms with Crippen molar-refractivity contribution in [3.05, 3.63) is 60.4 Å². The fourth-order valence-corrected chi connectivity index (χ4v) is 4.94. The maximum Gasteiger partial charge on any atom is 0.237 e. The van der Waals surface area contributed by atoms with Crippen LogP contribution in [0.3, 0.4) is 0 Å². The first kappa shape index (κ1) is 21.8. The van der Waals surface area contributed by atoms with E-state index in [2.05, 4.69) is 15.5 Å². The third-order valence-corrected chi connectivity index (χ3v) is 7.42. The highest BCUT2D eigenvalue weighted by molar-refractivity contribution is 8.00. The minimum absolute atomic E-state index is 0.117. The van der Waals surface area contributed by atoms with Crippen LogP contribution in [0, 0.1) is 0 Å². The number of carbonyl (C=O) groups excluding carboxylic acids is 1. The highest BCUT2D eigenvalue weighted by atomic mass is 32.2. The molecule has 0 fully saturated rings. The zero-order valence-corrected chi connectivity index (χ0v) is 18.2. The van der Waals surface area contributed by atoms with Crippen molar-refractivity contribution in [1.82, 2.24) is 14.8 Å². The van der Waals surface area contributed by atoms with Crippen molar-refractivity contribution >= 4 is 33.2 Å². The van der Waals surface area contributed by atoms with Crippen molar-refractivity contribution < 1.29 is 18.3 Å². The number of carbonyl (C=O) groups is 1. The second kappa shape index (κ2) is 9.31. The molecule has 1 aromatic heterocycles. The lowest BCUT2D eigenvalue weighted by atomic mass is 10.2. The number of phenols is 1. The molecule has 3 aromatic rings. The van der Waals surface area contributed by atoms with Gasteiger partial charge < -0.3 is 15.0 Å². The largest absolute Gasteiger partial charge is 0.508 e. The van der Waals surface area contributed by atoms with Gasteiger partial charge >= 0.3 is 0 Å². The smallest absolute Gasteiger partial charge is 0.237 e. The number of anilines is 1. The molecule has 1 heterocycles. The van der Waals surface area contributed by atoms with Gasteiger partial charge in [0.05, 0.1) is 10.1 Å². The first-order chi connectivity index (χ1) is 14.3. The quantitative estimate of drug-likeness (QED) is 0.404. The van der Waals surface area contributed by atoms with Crippen molar-refractivity contribution in [2.45, 2.75) is 34.4 Å². The van der Waals surface area contributed by atoms with E-state index < -0.39 is 15.1 Å². The molecule has 1 amide bonds. The van der Waals surface area contributed by atoms with Crippen LogP contribution in [0.15, 0.2) is 64.6 Å². The molecule has 0 aliphatic heterocycles. The second-order valence-electron chi connectivity index (χ2n) is 6.58. The van der Waals surface area contributed by atoms with Gasteiger partial charge in [0.25, 0.3) is 0 Å². The molecule has 2 N–H and O–H groups in total. The maximum atomic E-state index is 12.6. The molecule has 0 radical (unpaired) electrons. The molecule has 0 saturated heterocycles. The Morgan fingerprint density at radius 1 is 1.13 bits per heavy atom. The van der Waals surface area contributed by atoms with Gasteiger partial charge in [-0.25, -0.2) is 8.42 Å². The Balaban J connectivity index is 1.71. The summed E-state index contributed by atoms with van der Waals surface area (Å²) in [4.78, 5) is 12.8. The lowest BCUT2D eigenvalue weighted by molar-refractivity contribution is -0.115. The summed E-state index contributed by atoms with van der Waals surface area (Å²) in [7, 11) is -1.87. The van der Waals surface area contributed by atoms with Gasteiger partial charge in [-0.1, -0.05) is 36.9 Å². The molecular weight excluding hydrogens is 424 g/mol. The van der Waals surface area contributed by atoms with Gasteiger partial charge in [0.2, 0.25) is 5.91 Å². The summed E-state index contributed by atoms with van der Waals surface area (Å²) in [6, 6.07) is 14.4. The number of benzene rings is 2. The van der Waals surface area contributed by atoms with Crippen LogP contribution in [-0.2, 0) is 27.4 Å². The van der Waals surface area contributed by atoms with E-state index in [1.54, 1.807) is 54.1 Å². The molecule has 0 bridgehead atoms. The van der Waals surface area contributed by atoms with Crippen LogP contribution < -0.4 is 5.32 Å². The number of rotatable bonds is 8. The van der Waals surface area contributed by atoms with Crippen LogP contribution in [-0.4, -0.2) is 39.4 Å². The topological polar surface area (TPSA) is 114 Å². The monoisotopic (exact) mass is 446 g/mol. The number of aromatic hydroxyl groups is 1. The van der Waals surface area contributed by atoms with Crippen molar-refractivity contribution in [1.29, 1.82) is 0 Å². The Morgan fingerprint density at radius 2 is 1.80 bits per heavy atom. The highest BCUT2D eigenvalue weighted by Crippen LogP contribution is 2.26. The predicted molar refractivity (Wildman–Crippen MR) is 115 cm³/mol. The lowest BCUT2D eigenvalue weighted by Gasteiger charge is -2.14. The molecule has 0 saturated carbocycles.